The Morgan fingerprint density at radius 2 is 1.90 bits per heavy atom. The van der Waals surface area contributed by atoms with Crippen molar-refractivity contribution in [1.82, 2.24) is 19.5 Å². The first kappa shape index (κ1) is 21.7. The molecule has 1 aromatic heterocycles. The summed E-state index contributed by atoms with van der Waals surface area (Å²) in [7, 11) is -2.22. The second-order valence-electron chi connectivity index (χ2n) is 6.35. The fourth-order valence-electron chi connectivity index (χ4n) is 2.90. The Labute approximate surface area is 179 Å². The summed E-state index contributed by atoms with van der Waals surface area (Å²) >= 11 is 11.2. The Kier molecular flexibility index (Phi) is 7.20. The van der Waals surface area contributed by atoms with Gasteiger partial charge in [0.2, 0.25) is 10.0 Å². The summed E-state index contributed by atoms with van der Waals surface area (Å²) in [6.45, 7) is 0.873. The van der Waals surface area contributed by atoms with E-state index in [1.807, 2.05) is 30.3 Å². The molecule has 0 aliphatic carbocycles. The van der Waals surface area contributed by atoms with Crippen LogP contribution in [0.3, 0.4) is 0 Å². The van der Waals surface area contributed by atoms with Crippen molar-refractivity contribution >= 4 is 33.8 Å². The summed E-state index contributed by atoms with van der Waals surface area (Å²) in [4.78, 5) is 0.123. The van der Waals surface area contributed by atoms with Crippen LogP contribution >= 0.6 is 23.8 Å². The second-order valence-corrected chi connectivity index (χ2v) is 8.89. The molecule has 154 valence electrons. The van der Waals surface area contributed by atoms with Crippen LogP contribution in [0.2, 0.25) is 5.02 Å². The summed E-state index contributed by atoms with van der Waals surface area (Å²) in [5.41, 5.74) is 0.962. The van der Waals surface area contributed by atoms with Crippen LogP contribution in [0.25, 0.3) is 0 Å². The van der Waals surface area contributed by atoms with Crippen LogP contribution in [-0.2, 0) is 27.7 Å². The van der Waals surface area contributed by atoms with Crippen molar-refractivity contribution in [2.75, 3.05) is 13.7 Å². The molecular formula is C19H21ClN4O3S2. The van der Waals surface area contributed by atoms with Gasteiger partial charge in [0.15, 0.2) is 4.77 Å². The lowest BCUT2D eigenvalue weighted by atomic mass is 10.1. The van der Waals surface area contributed by atoms with Gasteiger partial charge < -0.3 is 9.30 Å². The number of ether oxygens (including phenoxy) is 1. The van der Waals surface area contributed by atoms with Gasteiger partial charge in [0.25, 0.3) is 0 Å². The van der Waals surface area contributed by atoms with E-state index in [0.29, 0.717) is 35.2 Å². The second kappa shape index (κ2) is 9.64. The van der Waals surface area contributed by atoms with Crippen LogP contribution in [0.1, 0.15) is 17.4 Å². The van der Waals surface area contributed by atoms with Crippen LogP contribution in [0, 0.1) is 4.77 Å². The Hall–Kier alpha value is -2.04. The van der Waals surface area contributed by atoms with Crippen molar-refractivity contribution in [3.8, 4) is 0 Å². The molecule has 0 amide bonds. The smallest absolute Gasteiger partial charge is 0.241 e. The van der Waals surface area contributed by atoms with Crippen LogP contribution < -0.4 is 4.72 Å². The molecule has 0 aliphatic heterocycles. The van der Waals surface area contributed by atoms with Gasteiger partial charge in [-0.15, -0.1) is 0 Å². The highest BCUT2D eigenvalue weighted by molar-refractivity contribution is 7.89. The maximum atomic E-state index is 13.0. The molecule has 0 fully saturated rings. The molecule has 29 heavy (non-hydrogen) atoms. The average molecular weight is 453 g/mol. The molecule has 3 rings (SSSR count). The fourth-order valence-corrected chi connectivity index (χ4v) is 4.45. The Morgan fingerprint density at radius 1 is 1.21 bits per heavy atom. The van der Waals surface area contributed by atoms with Crippen LogP contribution in [-0.4, -0.2) is 36.9 Å². The zero-order chi connectivity index (χ0) is 20.9. The van der Waals surface area contributed by atoms with Gasteiger partial charge in [-0.25, -0.2) is 13.1 Å². The molecular weight excluding hydrogens is 432 g/mol. The highest BCUT2D eigenvalue weighted by Gasteiger charge is 2.26. The number of methoxy groups -OCH3 is 1. The number of halogens is 1. The van der Waals surface area contributed by atoms with E-state index >= 15 is 0 Å². The number of nitrogens with one attached hydrogen (secondary N) is 2. The van der Waals surface area contributed by atoms with E-state index in [2.05, 4.69) is 14.9 Å². The standard InChI is InChI=1S/C19H21ClN4O3S2/c1-27-12-11-24-18(21-22-19(24)28)17(13-14-5-3-2-4-6-14)23-29(25,26)16-9-7-15(20)8-10-16/h2-10,17,23H,11-13H2,1H3,(H,22,28)/t17-/m1/s1. The minimum absolute atomic E-state index is 0.123. The molecule has 0 saturated heterocycles. The lowest BCUT2D eigenvalue weighted by Crippen LogP contribution is -2.32. The molecule has 2 N–H and O–H groups in total. The third kappa shape index (κ3) is 5.52. The summed E-state index contributed by atoms with van der Waals surface area (Å²) in [6, 6.07) is 15.0. The van der Waals surface area contributed by atoms with Crippen molar-refractivity contribution in [2.24, 2.45) is 0 Å². The number of hydrogen-bond acceptors (Lipinski definition) is 5. The number of aromatic nitrogens is 3. The highest BCUT2D eigenvalue weighted by Crippen LogP contribution is 2.22. The van der Waals surface area contributed by atoms with Gasteiger partial charge in [-0.3, -0.25) is 5.10 Å². The van der Waals surface area contributed by atoms with Crippen LogP contribution in [0.4, 0.5) is 0 Å². The largest absolute Gasteiger partial charge is 0.383 e. The molecule has 7 nitrogen and oxygen atoms in total. The van der Waals surface area contributed by atoms with Gasteiger partial charge in [-0.1, -0.05) is 41.9 Å². The molecule has 0 aliphatic rings. The van der Waals surface area contributed by atoms with Gasteiger partial charge in [0.05, 0.1) is 24.1 Å². The number of H-pyrrole nitrogens is 1. The van der Waals surface area contributed by atoms with Crippen LogP contribution in [0.15, 0.2) is 59.5 Å². The molecule has 10 heteroatoms. The van der Waals surface area contributed by atoms with E-state index in [9.17, 15) is 8.42 Å². The predicted molar refractivity (Wildman–Crippen MR) is 114 cm³/mol. The molecule has 0 bridgehead atoms. The molecule has 2 aromatic carbocycles. The number of benzene rings is 2. The number of nitrogens with zero attached hydrogens (tertiary/aromatic N) is 2. The van der Waals surface area contributed by atoms with Crippen molar-refractivity contribution in [3.63, 3.8) is 0 Å². The van der Waals surface area contributed by atoms with Gasteiger partial charge in [-0.05, 0) is 48.5 Å². The van der Waals surface area contributed by atoms with E-state index in [1.54, 1.807) is 11.7 Å². The zero-order valence-electron chi connectivity index (χ0n) is 15.7. The normalized spacial score (nSPS) is 12.8. The minimum Gasteiger partial charge on any atom is -0.383 e. The molecule has 0 radical (unpaired) electrons. The van der Waals surface area contributed by atoms with E-state index in [-0.39, 0.29) is 4.90 Å². The third-order valence-electron chi connectivity index (χ3n) is 4.32. The van der Waals surface area contributed by atoms with Gasteiger partial charge >= 0.3 is 0 Å². The molecule has 0 saturated carbocycles. The summed E-state index contributed by atoms with van der Waals surface area (Å²) in [5.74, 6) is 0.494. The molecule has 1 atom stereocenters. The fraction of sp³-hybridized carbons (Fsp3) is 0.263. The topological polar surface area (TPSA) is 89.0 Å². The zero-order valence-corrected chi connectivity index (χ0v) is 18.1. The van der Waals surface area contributed by atoms with Crippen LogP contribution in [0.5, 0.6) is 0 Å². The van der Waals surface area contributed by atoms with Crippen molar-refractivity contribution < 1.29 is 13.2 Å². The first-order valence-electron chi connectivity index (χ1n) is 8.86. The molecule has 1 heterocycles. The lowest BCUT2D eigenvalue weighted by Gasteiger charge is -2.19. The average Bonchev–Trinajstić information content (AvgIpc) is 3.07. The Morgan fingerprint density at radius 3 is 2.55 bits per heavy atom. The Balaban J connectivity index is 1.98. The maximum Gasteiger partial charge on any atom is 0.241 e. The molecule has 0 unspecified atom stereocenters. The molecule has 3 aromatic rings. The van der Waals surface area contributed by atoms with Crippen molar-refractivity contribution in [2.45, 2.75) is 23.9 Å². The maximum absolute atomic E-state index is 13.0. The quantitative estimate of drug-likeness (QED) is 0.485. The number of sulfonamides is 1. The minimum atomic E-state index is -3.81. The first-order chi connectivity index (χ1) is 13.9. The lowest BCUT2D eigenvalue weighted by molar-refractivity contribution is 0.185. The van der Waals surface area contributed by atoms with E-state index < -0.39 is 16.1 Å². The summed E-state index contributed by atoms with van der Waals surface area (Å²) in [6.07, 6.45) is 0.403. The number of hydrogen-bond donors (Lipinski definition) is 2. The van der Waals surface area contributed by atoms with Gasteiger partial charge in [0.1, 0.15) is 5.82 Å². The van der Waals surface area contributed by atoms with E-state index in [1.165, 1.54) is 24.3 Å². The monoisotopic (exact) mass is 452 g/mol. The summed E-state index contributed by atoms with van der Waals surface area (Å²) in [5, 5.41) is 7.52. The summed E-state index contributed by atoms with van der Waals surface area (Å²) < 4.78 is 36.1. The Bertz CT molecular complexity index is 1100. The first-order valence-corrected chi connectivity index (χ1v) is 11.1. The van der Waals surface area contributed by atoms with E-state index in [0.717, 1.165) is 5.56 Å². The highest BCUT2D eigenvalue weighted by atomic mass is 35.5. The predicted octanol–water partition coefficient (Wildman–Crippen LogP) is 3.50. The van der Waals surface area contributed by atoms with Crippen molar-refractivity contribution in [1.29, 1.82) is 0 Å². The van der Waals surface area contributed by atoms with Gasteiger partial charge in [-0.2, -0.15) is 5.10 Å². The third-order valence-corrected chi connectivity index (χ3v) is 6.37. The van der Waals surface area contributed by atoms with Crippen molar-refractivity contribution in [3.05, 3.63) is 75.8 Å². The van der Waals surface area contributed by atoms with E-state index in [4.69, 9.17) is 28.6 Å². The number of rotatable bonds is 9. The SMILES string of the molecule is COCCn1c([C@@H](Cc2ccccc2)NS(=O)(=O)c2ccc(Cl)cc2)n[nH]c1=S. The number of aromatic amines is 1. The van der Waals surface area contributed by atoms with Gasteiger partial charge in [0, 0.05) is 12.1 Å². The molecule has 0 spiro atoms.